The van der Waals surface area contributed by atoms with Crippen LogP contribution in [0.3, 0.4) is 0 Å². The van der Waals surface area contributed by atoms with E-state index in [-0.39, 0.29) is 23.3 Å². The maximum absolute atomic E-state index is 12.9. The summed E-state index contributed by atoms with van der Waals surface area (Å²) in [5.74, 6) is 0.316. The van der Waals surface area contributed by atoms with E-state index in [0.29, 0.717) is 11.3 Å². The Morgan fingerprint density at radius 1 is 1.19 bits per heavy atom. The highest BCUT2D eigenvalue weighted by Crippen LogP contribution is 2.22. The van der Waals surface area contributed by atoms with E-state index in [0.717, 1.165) is 18.4 Å². The third-order valence-electron chi connectivity index (χ3n) is 4.50. The topological polar surface area (TPSA) is 84.5 Å². The summed E-state index contributed by atoms with van der Waals surface area (Å²) >= 11 is 0. The van der Waals surface area contributed by atoms with E-state index in [1.54, 1.807) is 19.1 Å². The SMILES string of the molecule is COc1ccc(S(=O)(=O)NC(Cc2ccccc2)C(=O)NC2CC2)cc1C. The van der Waals surface area contributed by atoms with Crippen molar-refractivity contribution in [1.82, 2.24) is 10.0 Å². The lowest BCUT2D eigenvalue weighted by molar-refractivity contribution is -0.122. The lowest BCUT2D eigenvalue weighted by Gasteiger charge is -2.19. The van der Waals surface area contributed by atoms with Crippen molar-refractivity contribution in [2.24, 2.45) is 0 Å². The molecule has 1 fully saturated rings. The minimum Gasteiger partial charge on any atom is -0.496 e. The fourth-order valence-corrected chi connectivity index (χ4v) is 4.12. The molecule has 1 aliphatic carbocycles. The Morgan fingerprint density at radius 2 is 1.89 bits per heavy atom. The third-order valence-corrected chi connectivity index (χ3v) is 5.97. The molecule has 1 unspecified atom stereocenters. The number of hydrogen-bond donors (Lipinski definition) is 2. The highest BCUT2D eigenvalue weighted by molar-refractivity contribution is 7.89. The fraction of sp³-hybridized carbons (Fsp3) is 0.350. The molecule has 0 radical (unpaired) electrons. The van der Waals surface area contributed by atoms with Crippen molar-refractivity contribution in [3.63, 3.8) is 0 Å². The monoisotopic (exact) mass is 388 g/mol. The van der Waals surface area contributed by atoms with Gasteiger partial charge in [0.05, 0.1) is 12.0 Å². The van der Waals surface area contributed by atoms with Crippen LogP contribution in [0.2, 0.25) is 0 Å². The Hall–Kier alpha value is -2.38. The van der Waals surface area contributed by atoms with Crippen LogP contribution >= 0.6 is 0 Å². The molecule has 0 heterocycles. The molecule has 0 saturated heterocycles. The Morgan fingerprint density at radius 3 is 2.48 bits per heavy atom. The zero-order chi connectivity index (χ0) is 19.4. The van der Waals surface area contributed by atoms with E-state index in [2.05, 4.69) is 10.0 Å². The van der Waals surface area contributed by atoms with Crippen molar-refractivity contribution in [2.75, 3.05) is 7.11 Å². The molecular weight excluding hydrogens is 364 g/mol. The van der Waals surface area contributed by atoms with E-state index < -0.39 is 16.1 Å². The minimum absolute atomic E-state index is 0.109. The van der Waals surface area contributed by atoms with Crippen LogP contribution in [-0.4, -0.2) is 33.5 Å². The van der Waals surface area contributed by atoms with Gasteiger partial charge >= 0.3 is 0 Å². The van der Waals surface area contributed by atoms with E-state index in [1.807, 2.05) is 30.3 Å². The second-order valence-electron chi connectivity index (χ2n) is 6.78. The van der Waals surface area contributed by atoms with Crippen LogP contribution in [0.15, 0.2) is 53.4 Å². The fourth-order valence-electron chi connectivity index (χ4n) is 2.84. The average Bonchev–Trinajstić information content (AvgIpc) is 3.45. The van der Waals surface area contributed by atoms with Crippen LogP contribution in [0.25, 0.3) is 0 Å². The average molecular weight is 388 g/mol. The Bertz CT molecular complexity index is 909. The first kappa shape index (κ1) is 19.4. The number of benzene rings is 2. The standard InChI is InChI=1S/C20H24N2O4S/c1-14-12-17(10-11-19(14)26-2)27(24,25)22-18(20(23)21-16-8-9-16)13-15-6-4-3-5-7-15/h3-7,10-12,16,18,22H,8-9,13H2,1-2H3,(H,21,23). The van der Waals surface area contributed by atoms with Gasteiger partial charge < -0.3 is 10.1 Å². The molecule has 1 aliphatic rings. The second kappa shape index (κ2) is 8.10. The summed E-state index contributed by atoms with van der Waals surface area (Å²) in [6.07, 6.45) is 2.16. The molecule has 2 N–H and O–H groups in total. The van der Waals surface area contributed by atoms with E-state index in [1.165, 1.54) is 13.2 Å². The van der Waals surface area contributed by atoms with E-state index >= 15 is 0 Å². The predicted octanol–water partition coefficient (Wildman–Crippen LogP) is 2.17. The van der Waals surface area contributed by atoms with Gasteiger partial charge in [-0.05, 0) is 55.5 Å². The molecule has 144 valence electrons. The number of carbonyl (C=O) groups is 1. The molecule has 0 aromatic heterocycles. The number of methoxy groups -OCH3 is 1. The molecule has 1 amide bonds. The highest BCUT2D eigenvalue weighted by atomic mass is 32.2. The zero-order valence-corrected chi connectivity index (χ0v) is 16.3. The first-order valence-corrected chi connectivity index (χ1v) is 10.4. The molecule has 2 aromatic rings. The number of sulfonamides is 1. The van der Waals surface area contributed by atoms with Crippen molar-refractivity contribution in [3.05, 3.63) is 59.7 Å². The Kier molecular flexibility index (Phi) is 5.82. The second-order valence-corrected chi connectivity index (χ2v) is 8.49. The quantitative estimate of drug-likeness (QED) is 0.726. The minimum atomic E-state index is -3.85. The lowest BCUT2D eigenvalue weighted by atomic mass is 10.1. The van der Waals surface area contributed by atoms with Crippen molar-refractivity contribution in [3.8, 4) is 5.75 Å². The summed E-state index contributed by atoms with van der Waals surface area (Å²) in [7, 11) is -2.32. The molecule has 0 bridgehead atoms. The molecular formula is C20H24N2O4S. The molecule has 1 saturated carbocycles. The molecule has 27 heavy (non-hydrogen) atoms. The van der Waals surface area contributed by atoms with Crippen LogP contribution in [-0.2, 0) is 21.2 Å². The molecule has 7 heteroatoms. The normalized spacial score (nSPS) is 15.2. The van der Waals surface area contributed by atoms with Gasteiger partial charge in [-0.1, -0.05) is 30.3 Å². The van der Waals surface area contributed by atoms with Crippen molar-refractivity contribution in [1.29, 1.82) is 0 Å². The van der Waals surface area contributed by atoms with E-state index in [9.17, 15) is 13.2 Å². The van der Waals surface area contributed by atoms with Crippen LogP contribution < -0.4 is 14.8 Å². The van der Waals surface area contributed by atoms with Crippen molar-refractivity contribution in [2.45, 2.75) is 43.2 Å². The summed E-state index contributed by atoms with van der Waals surface area (Å²) in [6, 6.07) is 13.3. The van der Waals surface area contributed by atoms with E-state index in [4.69, 9.17) is 4.74 Å². The van der Waals surface area contributed by atoms with Gasteiger partial charge in [-0.2, -0.15) is 4.72 Å². The maximum atomic E-state index is 12.9. The molecule has 6 nitrogen and oxygen atoms in total. The first-order valence-electron chi connectivity index (χ1n) is 8.90. The van der Waals surface area contributed by atoms with Gasteiger partial charge in [0, 0.05) is 6.04 Å². The number of ether oxygens (including phenoxy) is 1. The smallest absolute Gasteiger partial charge is 0.241 e. The van der Waals surface area contributed by atoms with Gasteiger partial charge in [0.1, 0.15) is 11.8 Å². The molecule has 0 spiro atoms. The number of rotatable bonds is 8. The number of amides is 1. The van der Waals surface area contributed by atoms with Gasteiger partial charge in [-0.25, -0.2) is 8.42 Å². The molecule has 3 rings (SSSR count). The van der Waals surface area contributed by atoms with Crippen molar-refractivity contribution < 1.29 is 17.9 Å². The largest absolute Gasteiger partial charge is 0.496 e. The number of hydrogen-bond acceptors (Lipinski definition) is 4. The van der Waals surface area contributed by atoms with Crippen LogP contribution in [0.5, 0.6) is 5.75 Å². The van der Waals surface area contributed by atoms with Gasteiger partial charge in [0.2, 0.25) is 15.9 Å². The Balaban J connectivity index is 1.82. The van der Waals surface area contributed by atoms with Crippen LogP contribution in [0.1, 0.15) is 24.0 Å². The van der Waals surface area contributed by atoms with Crippen molar-refractivity contribution >= 4 is 15.9 Å². The van der Waals surface area contributed by atoms with Gasteiger partial charge in [-0.15, -0.1) is 0 Å². The number of carbonyl (C=O) groups excluding carboxylic acids is 1. The summed E-state index contributed by atoms with van der Waals surface area (Å²) < 4.78 is 33.5. The summed E-state index contributed by atoms with van der Waals surface area (Å²) in [4.78, 5) is 12.7. The molecule has 0 aliphatic heterocycles. The van der Waals surface area contributed by atoms with Gasteiger partial charge in [0.15, 0.2) is 0 Å². The Labute approximate surface area is 160 Å². The zero-order valence-electron chi connectivity index (χ0n) is 15.4. The first-order chi connectivity index (χ1) is 12.9. The van der Waals surface area contributed by atoms with Crippen LogP contribution in [0, 0.1) is 6.92 Å². The number of nitrogens with one attached hydrogen (secondary N) is 2. The summed E-state index contributed by atoms with van der Waals surface area (Å²) in [6.45, 7) is 1.78. The predicted molar refractivity (Wildman–Crippen MR) is 103 cm³/mol. The van der Waals surface area contributed by atoms with Gasteiger partial charge in [0.25, 0.3) is 0 Å². The number of aryl methyl sites for hydroxylation is 1. The molecule has 2 aromatic carbocycles. The van der Waals surface area contributed by atoms with Gasteiger partial charge in [-0.3, -0.25) is 4.79 Å². The highest BCUT2D eigenvalue weighted by Gasteiger charge is 2.30. The third kappa shape index (κ3) is 5.08. The summed E-state index contributed by atoms with van der Waals surface area (Å²) in [5, 5.41) is 2.89. The maximum Gasteiger partial charge on any atom is 0.241 e. The lowest BCUT2D eigenvalue weighted by Crippen LogP contribution is -2.48. The molecule has 1 atom stereocenters. The summed E-state index contributed by atoms with van der Waals surface area (Å²) in [5.41, 5.74) is 1.60. The van der Waals surface area contributed by atoms with Crippen LogP contribution in [0.4, 0.5) is 0 Å².